The van der Waals surface area contributed by atoms with Crippen LogP contribution in [0.5, 0.6) is 0 Å². The van der Waals surface area contributed by atoms with Crippen LogP contribution in [0.25, 0.3) is 0 Å². The van der Waals surface area contributed by atoms with Gasteiger partial charge in [-0.05, 0) is 27.2 Å². The predicted molar refractivity (Wildman–Crippen MR) is 106 cm³/mol. The highest BCUT2D eigenvalue weighted by Crippen LogP contribution is 2.24. The molecule has 1 unspecified atom stereocenters. The summed E-state index contributed by atoms with van der Waals surface area (Å²) in [6.07, 6.45) is 2.23. The Morgan fingerprint density at radius 2 is 2.13 bits per heavy atom. The van der Waals surface area contributed by atoms with Crippen molar-refractivity contribution in [2.45, 2.75) is 46.6 Å². The number of hydrogen-bond donors (Lipinski definition) is 2. The van der Waals surface area contributed by atoms with E-state index >= 15 is 0 Å². The van der Waals surface area contributed by atoms with E-state index in [2.05, 4.69) is 27.5 Å². The van der Waals surface area contributed by atoms with Gasteiger partial charge in [-0.3, -0.25) is 4.99 Å². The van der Waals surface area contributed by atoms with Gasteiger partial charge in [0.1, 0.15) is 9.88 Å². The molecule has 0 spiro atoms. The standard InChI is InChI=1S/C15H26N4O2S.HI/c1-6-8-9-17-15(16-5)19-11(4)13-18-10(3)12(22-13)14(20)21-7-2;/h11H,6-9H2,1-5H3,(H2,16,17,19);1H. The number of carbonyl (C=O) groups excluding carboxylic acids is 1. The summed E-state index contributed by atoms with van der Waals surface area (Å²) in [5, 5.41) is 7.39. The lowest BCUT2D eigenvalue weighted by Gasteiger charge is -2.15. The van der Waals surface area contributed by atoms with E-state index in [-0.39, 0.29) is 36.0 Å². The number of aryl methyl sites for hydroxylation is 1. The fourth-order valence-corrected chi connectivity index (χ4v) is 2.80. The first-order valence-corrected chi connectivity index (χ1v) is 8.46. The summed E-state index contributed by atoms with van der Waals surface area (Å²) in [5.74, 6) is 0.438. The largest absolute Gasteiger partial charge is 0.462 e. The molecule has 0 saturated heterocycles. The number of carbonyl (C=O) groups is 1. The van der Waals surface area contributed by atoms with E-state index in [1.54, 1.807) is 14.0 Å². The van der Waals surface area contributed by atoms with E-state index in [1.165, 1.54) is 11.3 Å². The third-order valence-electron chi connectivity index (χ3n) is 3.04. The van der Waals surface area contributed by atoms with Gasteiger partial charge in [0, 0.05) is 13.6 Å². The quantitative estimate of drug-likeness (QED) is 0.218. The first-order chi connectivity index (χ1) is 10.5. The molecule has 0 aromatic carbocycles. The number of halogens is 1. The van der Waals surface area contributed by atoms with Crippen molar-refractivity contribution in [1.29, 1.82) is 0 Å². The topological polar surface area (TPSA) is 75.6 Å². The first kappa shape index (κ1) is 22.1. The zero-order chi connectivity index (χ0) is 16.5. The second-order valence-electron chi connectivity index (χ2n) is 4.91. The Hall–Kier alpha value is -0.900. The Balaban J connectivity index is 0.00000484. The number of aromatic nitrogens is 1. The molecule has 2 N–H and O–H groups in total. The van der Waals surface area contributed by atoms with Gasteiger partial charge in [-0.15, -0.1) is 35.3 Å². The number of nitrogens with zero attached hydrogens (tertiary/aromatic N) is 2. The number of thiazole rings is 1. The Kier molecular flexibility index (Phi) is 11.2. The highest BCUT2D eigenvalue weighted by molar-refractivity contribution is 14.0. The van der Waals surface area contributed by atoms with E-state index in [0.29, 0.717) is 17.2 Å². The summed E-state index contributed by atoms with van der Waals surface area (Å²) in [5.41, 5.74) is 0.709. The van der Waals surface area contributed by atoms with Gasteiger partial charge in [0.2, 0.25) is 0 Å². The van der Waals surface area contributed by atoms with Crippen LogP contribution in [0.1, 0.15) is 60.0 Å². The van der Waals surface area contributed by atoms with Crippen LogP contribution in [-0.4, -0.2) is 37.1 Å². The summed E-state index contributed by atoms with van der Waals surface area (Å²) in [4.78, 5) is 21.1. The number of rotatable bonds is 7. The van der Waals surface area contributed by atoms with Gasteiger partial charge in [-0.2, -0.15) is 0 Å². The smallest absolute Gasteiger partial charge is 0.350 e. The van der Waals surface area contributed by atoms with Crippen LogP contribution in [0, 0.1) is 6.92 Å². The molecular weight excluding hydrogens is 427 g/mol. The SMILES string of the molecule is CCCCNC(=NC)NC(C)c1nc(C)c(C(=O)OCC)s1.I. The maximum Gasteiger partial charge on any atom is 0.350 e. The van der Waals surface area contributed by atoms with Crippen LogP contribution in [-0.2, 0) is 4.74 Å². The molecular formula is C15H27IN4O2S. The summed E-state index contributed by atoms with van der Waals surface area (Å²) in [7, 11) is 1.74. The number of esters is 1. The maximum atomic E-state index is 11.8. The second kappa shape index (κ2) is 11.6. The van der Waals surface area contributed by atoms with E-state index in [1.807, 2.05) is 13.8 Å². The lowest BCUT2D eigenvalue weighted by Crippen LogP contribution is -2.39. The average molecular weight is 454 g/mol. The fourth-order valence-electron chi connectivity index (χ4n) is 1.83. The van der Waals surface area contributed by atoms with Gasteiger partial charge in [0.25, 0.3) is 0 Å². The van der Waals surface area contributed by atoms with E-state index in [4.69, 9.17) is 4.74 Å². The molecule has 0 bridgehead atoms. The molecule has 132 valence electrons. The van der Waals surface area contributed by atoms with Gasteiger partial charge >= 0.3 is 5.97 Å². The van der Waals surface area contributed by atoms with Gasteiger partial charge in [0.05, 0.1) is 18.3 Å². The maximum absolute atomic E-state index is 11.8. The zero-order valence-electron chi connectivity index (χ0n) is 14.4. The van der Waals surface area contributed by atoms with Crippen molar-refractivity contribution in [3.63, 3.8) is 0 Å². The minimum Gasteiger partial charge on any atom is -0.462 e. The molecule has 0 fully saturated rings. The zero-order valence-corrected chi connectivity index (χ0v) is 17.6. The third-order valence-corrected chi connectivity index (χ3v) is 4.36. The molecule has 1 atom stereocenters. The molecule has 0 amide bonds. The van der Waals surface area contributed by atoms with E-state index in [9.17, 15) is 4.79 Å². The molecule has 6 nitrogen and oxygen atoms in total. The number of unbranched alkanes of at least 4 members (excludes halogenated alkanes) is 1. The van der Waals surface area contributed by atoms with E-state index in [0.717, 1.165) is 30.4 Å². The van der Waals surface area contributed by atoms with Gasteiger partial charge in [-0.25, -0.2) is 9.78 Å². The Labute approximate surface area is 159 Å². The molecule has 0 saturated carbocycles. The van der Waals surface area contributed by atoms with Crippen molar-refractivity contribution < 1.29 is 9.53 Å². The number of ether oxygens (including phenoxy) is 1. The summed E-state index contributed by atoms with van der Waals surface area (Å²) in [6, 6.07) is -0.0281. The predicted octanol–water partition coefficient (Wildman–Crippen LogP) is 3.27. The lowest BCUT2D eigenvalue weighted by atomic mass is 10.3. The molecule has 1 heterocycles. The van der Waals surface area contributed by atoms with E-state index < -0.39 is 0 Å². The summed E-state index contributed by atoms with van der Waals surface area (Å²) in [6.45, 7) is 9.02. The Morgan fingerprint density at radius 1 is 1.43 bits per heavy atom. The number of nitrogens with one attached hydrogen (secondary N) is 2. The van der Waals surface area contributed by atoms with Crippen LogP contribution in [0.2, 0.25) is 0 Å². The molecule has 0 aliphatic rings. The van der Waals surface area contributed by atoms with Gasteiger partial charge in [-0.1, -0.05) is 13.3 Å². The van der Waals surface area contributed by atoms with Crippen LogP contribution in [0.4, 0.5) is 0 Å². The molecule has 8 heteroatoms. The van der Waals surface area contributed by atoms with Crippen LogP contribution in [0.15, 0.2) is 4.99 Å². The molecule has 1 aromatic heterocycles. The summed E-state index contributed by atoms with van der Waals surface area (Å²) >= 11 is 1.37. The second-order valence-corrected chi connectivity index (χ2v) is 5.94. The first-order valence-electron chi connectivity index (χ1n) is 7.65. The van der Waals surface area contributed by atoms with Crippen LogP contribution < -0.4 is 10.6 Å². The normalized spacial score (nSPS) is 12.3. The van der Waals surface area contributed by atoms with Gasteiger partial charge < -0.3 is 15.4 Å². The minimum atomic E-state index is -0.304. The lowest BCUT2D eigenvalue weighted by molar-refractivity contribution is 0.0531. The summed E-state index contributed by atoms with van der Waals surface area (Å²) < 4.78 is 5.04. The van der Waals surface area contributed by atoms with Crippen molar-refractivity contribution in [1.82, 2.24) is 15.6 Å². The Morgan fingerprint density at radius 3 is 2.70 bits per heavy atom. The van der Waals surface area contributed by atoms with Crippen molar-refractivity contribution in [3.8, 4) is 0 Å². The number of hydrogen-bond acceptors (Lipinski definition) is 5. The molecule has 23 heavy (non-hydrogen) atoms. The van der Waals surface area contributed by atoms with Crippen molar-refractivity contribution in [3.05, 3.63) is 15.6 Å². The highest BCUT2D eigenvalue weighted by atomic mass is 127. The minimum absolute atomic E-state index is 0. The average Bonchev–Trinajstić information content (AvgIpc) is 2.88. The monoisotopic (exact) mass is 454 g/mol. The fraction of sp³-hybridized carbons (Fsp3) is 0.667. The van der Waals surface area contributed by atoms with Crippen molar-refractivity contribution >= 4 is 47.2 Å². The van der Waals surface area contributed by atoms with Crippen molar-refractivity contribution in [2.24, 2.45) is 4.99 Å². The number of guanidine groups is 1. The highest BCUT2D eigenvalue weighted by Gasteiger charge is 2.19. The Bertz CT molecular complexity index is 520. The van der Waals surface area contributed by atoms with Crippen LogP contribution >= 0.6 is 35.3 Å². The third kappa shape index (κ3) is 7.03. The van der Waals surface area contributed by atoms with Gasteiger partial charge in [0.15, 0.2) is 5.96 Å². The molecule has 0 radical (unpaired) electrons. The molecule has 0 aliphatic carbocycles. The van der Waals surface area contributed by atoms with Crippen molar-refractivity contribution in [2.75, 3.05) is 20.2 Å². The van der Waals surface area contributed by atoms with Crippen LogP contribution in [0.3, 0.4) is 0 Å². The molecule has 1 aromatic rings. The molecule has 1 rings (SSSR count). The molecule has 0 aliphatic heterocycles. The number of aliphatic imine (C=N–C) groups is 1.